The van der Waals surface area contributed by atoms with Crippen LogP contribution in [0.2, 0.25) is 0 Å². The molecule has 0 unspecified atom stereocenters. The Morgan fingerprint density at radius 1 is 0.590 bits per heavy atom. The van der Waals surface area contributed by atoms with Gasteiger partial charge in [-0.1, -0.05) is 129 Å². The first-order chi connectivity index (χ1) is 19.2. The Bertz CT molecular complexity index is 2140. The molecule has 0 saturated carbocycles. The lowest BCUT2D eigenvalue weighted by Crippen LogP contribution is -2.26. The summed E-state index contributed by atoms with van der Waals surface area (Å²) in [6, 6.07) is 40.0. The van der Waals surface area contributed by atoms with Crippen LogP contribution in [0, 0.1) is 0 Å². The summed E-state index contributed by atoms with van der Waals surface area (Å²) < 4.78 is 7.85. The number of rotatable bonds is 1. The van der Waals surface area contributed by atoms with Gasteiger partial charge in [0.15, 0.2) is 0 Å². The molecule has 2 aliphatic carbocycles. The van der Waals surface area contributed by atoms with Crippen molar-refractivity contribution in [2.24, 2.45) is 0 Å². The van der Waals surface area contributed by atoms with Crippen molar-refractivity contribution in [2.75, 3.05) is 0 Å². The second-order valence-electron chi connectivity index (χ2n) is 10.6. The maximum absolute atomic E-state index is 6.78. The van der Waals surface area contributed by atoms with Crippen LogP contribution in [-0.4, -0.2) is 0 Å². The highest BCUT2D eigenvalue weighted by molar-refractivity contribution is 9.10. The fourth-order valence-corrected chi connectivity index (χ4v) is 8.57. The Labute approximate surface area is 242 Å². The summed E-state index contributed by atoms with van der Waals surface area (Å²) in [5.74, 6) is 0. The molecular formula is C36H20Br2O. The van der Waals surface area contributed by atoms with E-state index in [0.717, 1.165) is 31.7 Å². The number of hydrogen-bond acceptors (Lipinski definition) is 1. The molecule has 9 rings (SSSR count). The smallest absolute Gasteiger partial charge is 0.144 e. The Balaban J connectivity index is 1.60. The summed E-state index contributed by atoms with van der Waals surface area (Å²) in [5.41, 5.74) is 13.1. The molecule has 0 radical (unpaired) electrons. The van der Waals surface area contributed by atoms with Crippen molar-refractivity contribution in [3.05, 3.63) is 141 Å². The van der Waals surface area contributed by atoms with Gasteiger partial charge in [0, 0.05) is 26.1 Å². The minimum absolute atomic E-state index is 0.436. The van der Waals surface area contributed by atoms with E-state index in [1.165, 1.54) is 60.8 Å². The zero-order chi connectivity index (χ0) is 25.9. The molecule has 1 spiro atoms. The third kappa shape index (κ3) is 2.56. The van der Waals surface area contributed by atoms with Crippen molar-refractivity contribution >= 4 is 64.6 Å². The van der Waals surface area contributed by atoms with Gasteiger partial charge in [-0.3, -0.25) is 0 Å². The molecule has 1 heterocycles. The summed E-state index contributed by atoms with van der Waals surface area (Å²) in [6.07, 6.45) is 0. The Kier molecular flexibility index (Phi) is 4.39. The number of furan rings is 1. The molecule has 184 valence electrons. The highest BCUT2D eigenvalue weighted by Gasteiger charge is 2.53. The highest BCUT2D eigenvalue weighted by atomic mass is 79.9. The summed E-state index contributed by atoms with van der Waals surface area (Å²) >= 11 is 7.85. The SMILES string of the molecule is BrCc1cc2c(c3ccccc13)-c1c(cc(Br)c3c1oc1ccccc13)C21c2ccccc2-c2ccccc21. The van der Waals surface area contributed by atoms with Gasteiger partial charge in [0.05, 0.1) is 5.41 Å². The molecule has 7 aromatic rings. The lowest BCUT2D eigenvalue weighted by Gasteiger charge is -2.31. The molecular weight excluding hydrogens is 608 g/mol. The van der Waals surface area contributed by atoms with Crippen molar-refractivity contribution in [1.29, 1.82) is 0 Å². The van der Waals surface area contributed by atoms with Gasteiger partial charge in [-0.05, 0) is 67.4 Å². The third-order valence-electron chi connectivity index (χ3n) is 8.89. The van der Waals surface area contributed by atoms with Crippen LogP contribution in [0.1, 0.15) is 27.8 Å². The van der Waals surface area contributed by atoms with Gasteiger partial charge in [-0.2, -0.15) is 0 Å². The van der Waals surface area contributed by atoms with Gasteiger partial charge in [0.1, 0.15) is 11.2 Å². The third-order valence-corrected chi connectivity index (χ3v) is 10.1. The minimum atomic E-state index is -0.436. The van der Waals surface area contributed by atoms with Crippen LogP contribution in [-0.2, 0) is 10.7 Å². The highest BCUT2D eigenvalue weighted by Crippen LogP contribution is 2.66. The standard InChI is InChI=1S/C36H20Br2O/c37-19-20-17-28-32(24-12-2-1-9-21(20)24)34-29(18-30(38)33-25-13-5-8-16-31(25)39-35(33)34)36(28)26-14-6-3-10-22(26)23-11-4-7-15-27(23)36/h1-18H,19H2. The summed E-state index contributed by atoms with van der Waals surface area (Å²) in [4.78, 5) is 0. The second kappa shape index (κ2) is 7.71. The number of para-hydroxylation sites is 1. The number of fused-ring (bicyclic) bond motifs is 16. The molecule has 3 heteroatoms. The first-order valence-electron chi connectivity index (χ1n) is 13.2. The van der Waals surface area contributed by atoms with Crippen LogP contribution >= 0.6 is 31.9 Å². The van der Waals surface area contributed by atoms with Gasteiger partial charge in [-0.15, -0.1) is 0 Å². The van der Waals surface area contributed by atoms with E-state index in [4.69, 9.17) is 4.42 Å². The number of alkyl halides is 1. The number of hydrogen-bond donors (Lipinski definition) is 0. The zero-order valence-electron chi connectivity index (χ0n) is 20.8. The monoisotopic (exact) mass is 626 g/mol. The van der Waals surface area contributed by atoms with Crippen LogP contribution in [0.5, 0.6) is 0 Å². The van der Waals surface area contributed by atoms with Crippen LogP contribution in [0.15, 0.2) is 118 Å². The molecule has 0 fully saturated rings. The maximum Gasteiger partial charge on any atom is 0.144 e. The van der Waals surface area contributed by atoms with E-state index in [2.05, 4.69) is 141 Å². The molecule has 2 aliphatic rings. The van der Waals surface area contributed by atoms with Crippen molar-refractivity contribution < 1.29 is 4.42 Å². The van der Waals surface area contributed by atoms with Crippen LogP contribution < -0.4 is 0 Å². The van der Waals surface area contributed by atoms with Gasteiger partial charge in [-0.25, -0.2) is 0 Å². The van der Waals surface area contributed by atoms with Crippen LogP contribution in [0.4, 0.5) is 0 Å². The quantitative estimate of drug-likeness (QED) is 0.165. The number of benzene rings is 6. The predicted octanol–water partition coefficient (Wildman–Crippen LogP) is 10.7. The van der Waals surface area contributed by atoms with Crippen molar-refractivity contribution in [3.63, 3.8) is 0 Å². The Morgan fingerprint density at radius 2 is 1.18 bits per heavy atom. The largest absolute Gasteiger partial charge is 0.455 e. The fourth-order valence-electron chi connectivity index (χ4n) is 7.48. The van der Waals surface area contributed by atoms with E-state index in [0.29, 0.717) is 0 Å². The van der Waals surface area contributed by atoms with Gasteiger partial charge in [0.25, 0.3) is 0 Å². The molecule has 1 nitrogen and oxygen atoms in total. The van der Waals surface area contributed by atoms with Crippen LogP contribution in [0.25, 0.3) is 55.0 Å². The van der Waals surface area contributed by atoms with E-state index in [1.807, 2.05) is 0 Å². The topological polar surface area (TPSA) is 13.1 Å². The maximum atomic E-state index is 6.78. The molecule has 0 saturated heterocycles. The summed E-state index contributed by atoms with van der Waals surface area (Å²) in [5, 5.41) is 5.62. The first-order valence-corrected chi connectivity index (χ1v) is 15.1. The molecule has 0 atom stereocenters. The molecule has 0 bridgehead atoms. The minimum Gasteiger partial charge on any atom is -0.455 e. The summed E-state index contributed by atoms with van der Waals surface area (Å²) in [7, 11) is 0. The van der Waals surface area contributed by atoms with E-state index < -0.39 is 5.41 Å². The van der Waals surface area contributed by atoms with Crippen molar-refractivity contribution in [2.45, 2.75) is 10.7 Å². The predicted molar refractivity (Wildman–Crippen MR) is 168 cm³/mol. The molecule has 39 heavy (non-hydrogen) atoms. The Morgan fingerprint density at radius 3 is 1.90 bits per heavy atom. The van der Waals surface area contributed by atoms with Crippen molar-refractivity contribution in [1.82, 2.24) is 0 Å². The van der Waals surface area contributed by atoms with Crippen LogP contribution in [0.3, 0.4) is 0 Å². The van der Waals surface area contributed by atoms with Crippen molar-refractivity contribution in [3.8, 4) is 22.3 Å². The Hall–Kier alpha value is -3.66. The van der Waals surface area contributed by atoms with E-state index in [9.17, 15) is 0 Å². The lowest BCUT2D eigenvalue weighted by atomic mass is 9.70. The number of halogens is 2. The fraction of sp³-hybridized carbons (Fsp3) is 0.0556. The normalized spacial score (nSPS) is 14.2. The van der Waals surface area contributed by atoms with Gasteiger partial charge >= 0.3 is 0 Å². The van der Waals surface area contributed by atoms with E-state index >= 15 is 0 Å². The lowest BCUT2D eigenvalue weighted by molar-refractivity contribution is 0.669. The average molecular weight is 628 g/mol. The van der Waals surface area contributed by atoms with Gasteiger partial charge < -0.3 is 4.42 Å². The summed E-state index contributed by atoms with van der Waals surface area (Å²) in [6.45, 7) is 0. The molecule has 0 aliphatic heterocycles. The van der Waals surface area contributed by atoms with E-state index in [1.54, 1.807) is 0 Å². The van der Waals surface area contributed by atoms with Gasteiger partial charge in [0.2, 0.25) is 0 Å². The molecule has 6 aromatic carbocycles. The first kappa shape index (κ1) is 22.2. The second-order valence-corrected chi connectivity index (χ2v) is 12.0. The molecule has 0 amide bonds. The molecule has 0 N–H and O–H groups in total. The average Bonchev–Trinajstić information content (AvgIpc) is 3.61. The molecule has 1 aromatic heterocycles. The van der Waals surface area contributed by atoms with E-state index in [-0.39, 0.29) is 0 Å². The zero-order valence-corrected chi connectivity index (χ0v) is 23.9.